The Labute approximate surface area is 627 Å². The van der Waals surface area contributed by atoms with E-state index in [1.54, 1.807) is 138 Å². The molecular formula is C75H90N8O18S4. The van der Waals surface area contributed by atoms with Crippen LogP contribution in [-0.4, -0.2) is 232 Å². The van der Waals surface area contributed by atoms with Crippen molar-refractivity contribution in [2.24, 2.45) is 9.98 Å². The highest BCUT2D eigenvalue weighted by molar-refractivity contribution is 8.76. The van der Waals surface area contributed by atoms with Crippen LogP contribution in [0.3, 0.4) is 0 Å². The molecule has 4 fully saturated rings. The summed E-state index contributed by atoms with van der Waals surface area (Å²) in [6, 6.07) is 11.6. The van der Waals surface area contributed by atoms with Crippen LogP contribution in [0.15, 0.2) is 107 Å². The van der Waals surface area contributed by atoms with Crippen molar-refractivity contribution in [3.8, 4) is 46.0 Å². The van der Waals surface area contributed by atoms with Gasteiger partial charge in [0, 0.05) is 73.9 Å². The monoisotopic (exact) mass is 1520 g/mol. The number of fused-ring (bicyclic) bond motifs is 8. The number of unbranched alkanes of at least 4 members (excludes halogenated alkanes) is 4. The number of amides is 6. The topological polar surface area (TPSA) is 279 Å². The summed E-state index contributed by atoms with van der Waals surface area (Å²) in [6.07, 6.45) is 9.68. The van der Waals surface area contributed by atoms with Crippen molar-refractivity contribution in [2.45, 2.75) is 113 Å². The summed E-state index contributed by atoms with van der Waals surface area (Å²) in [5.41, 5.74) is 6.40. The van der Waals surface area contributed by atoms with Crippen molar-refractivity contribution >= 4 is 114 Å². The molecule has 12 rings (SSSR count). The van der Waals surface area contributed by atoms with Crippen LogP contribution in [0.2, 0.25) is 0 Å². The number of aliphatic imine (C=N–C) groups is 2. The summed E-state index contributed by atoms with van der Waals surface area (Å²) in [5, 5.41) is 23.1. The van der Waals surface area contributed by atoms with Crippen molar-refractivity contribution in [1.29, 1.82) is 0 Å². The van der Waals surface area contributed by atoms with E-state index in [0.29, 0.717) is 165 Å². The van der Waals surface area contributed by atoms with Crippen LogP contribution >= 0.6 is 43.2 Å². The number of aliphatic hydroxyl groups is 2. The van der Waals surface area contributed by atoms with E-state index < -0.39 is 36.7 Å². The van der Waals surface area contributed by atoms with Gasteiger partial charge in [-0.05, 0) is 108 Å². The molecule has 4 saturated heterocycles. The average molecular weight is 1520 g/mol. The van der Waals surface area contributed by atoms with Gasteiger partial charge in [0.2, 0.25) is 0 Å². The molecule has 0 radical (unpaired) electrons. The number of anilines is 2. The Morgan fingerprint density at radius 3 is 1.23 bits per heavy atom. The van der Waals surface area contributed by atoms with Crippen LogP contribution in [-0.2, 0) is 9.47 Å². The molecule has 0 saturated carbocycles. The Kier molecular flexibility index (Phi) is 25.9. The Morgan fingerprint density at radius 2 is 0.838 bits per heavy atom. The molecule has 8 heterocycles. The first-order chi connectivity index (χ1) is 50.7. The van der Waals surface area contributed by atoms with Crippen LogP contribution in [0.25, 0.3) is 0 Å². The molecule has 0 unspecified atom stereocenters. The molecular weight excluding hydrogens is 1430 g/mol. The summed E-state index contributed by atoms with van der Waals surface area (Å²) >= 11 is 0. The molecule has 105 heavy (non-hydrogen) atoms. The number of rotatable bonds is 28. The third-order valence-electron chi connectivity index (χ3n) is 19.0. The predicted molar refractivity (Wildman–Crippen MR) is 408 cm³/mol. The van der Waals surface area contributed by atoms with E-state index in [1.807, 2.05) is 19.4 Å². The van der Waals surface area contributed by atoms with Gasteiger partial charge in [0.1, 0.15) is 13.2 Å². The lowest BCUT2D eigenvalue weighted by Gasteiger charge is -2.31. The number of hydrogen-bond acceptors (Lipinski definition) is 24. The highest BCUT2D eigenvalue weighted by Gasteiger charge is 2.49. The molecule has 30 heteroatoms. The van der Waals surface area contributed by atoms with Gasteiger partial charge in [0.15, 0.2) is 58.5 Å². The van der Waals surface area contributed by atoms with E-state index in [1.165, 1.54) is 14.2 Å². The van der Waals surface area contributed by atoms with Crippen LogP contribution in [0, 0.1) is 0 Å². The SMILES string of the molecule is C=C1C[C@H]2C=Nc3cc(OCCCCCOc4cc5c(cc4OC)C(=O)N4CC(=C)C[C@H]4[C@H](O)N5C(=O)OCCSSC)c(OC)cc3C(=O)N2C1.C=C1C[C@H]2C=Nc3cc(OCCCCCOc4cc5c(cc4OC)C(=O)N4CC(=C)C[C@H]4[C@H](O)N5C(=O)OC[C@@H](C)SSC)c(OC)cc3C(=O)N2C1. The molecule has 26 nitrogen and oxygen atoms in total. The summed E-state index contributed by atoms with van der Waals surface area (Å²) in [4.78, 5) is 99.2. The Hall–Kier alpha value is -8.68. The second kappa shape index (κ2) is 35.2. The van der Waals surface area contributed by atoms with Gasteiger partial charge in [0.25, 0.3) is 23.6 Å². The lowest BCUT2D eigenvalue weighted by atomic mass is 10.1. The zero-order valence-corrected chi connectivity index (χ0v) is 63.4. The van der Waals surface area contributed by atoms with E-state index in [-0.39, 0.29) is 89.8 Å². The van der Waals surface area contributed by atoms with Crippen molar-refractivity contribution in [2.75, 3.05) is 122 Å². The third-order valence-corrected chi connectivity index (χ3v) is 23.0. The average Bonchev–Trinajstić information content (AvgIpc) is 1.62. The number of hydrogen-bond donors (Lipinski definition) is 2. The molecule has 0 spiro atoms. The van der Waals surface area contributed by atoms with Gasteiger partial charge in [-0.2, -0.15) is 0 Å². The molecule has 0 aliphatic carbocycles. The lowest BCUT2D eigenvalue weighted by Crippen LogP contribution is -2.51. The molecule has 0 aromatic heterocycles. The fraction of sp³-hybridized carbons (Fsp3) is 0.467. The highest BCUT2D eigenvalue weighted by atomic mass is 33.1. The number of ether oxygens (including phenoxy) is 10. The van der Waals surface area contributed by atoms with Crippen LogP contribution in [0.4, 0.5) is 32.3 Å². The fourth-order valence-corrected chi connectivity index (χ4v) is 16.5. The van der Waals surface area contributed by atoms with Gasteiger partial charge in [-0.25, -0.2) is 19.4 Å². The van der Waals surface area contributed by atoms with Crippen molar-refractivity contribution < 1.29 is 86.3 Å². The quantitative estimate of drug-likeness (QED) is 0.0304. The van der Waals surface area contributed by atoms with Gasteiger partial charge in [-0.15, -0.1) is 0 Å². The predicted octanol–water partition coefficient (Wildman–Crippen LogP) is 12.1. The van der Waals surface area contributed by atoms with E-state index in [9.17, 15) is 39.0 Å². The molecule has 8 aliphatic heterocycles. The minimum atomic E-state index is -1.36. The molecule has 4 aromatic rings. The Morgan fingerprint density at radius 1 is 0.476 bits per heavy atom. The van der Waals surface area contributed by atoms with Crippen LogP contribution < -0.4 is 47.7 Å². The molecule has 2 N–H and O–H groups in total. The molecule has 0 bridgehead atoms. The number of benzene rings is 4. The lowest BCUT2D eigenvalue weighted by molar-refractivity contribution is 0.0491. The second-order valence-electron chi connectivity index (χ2n) is 26.3. The molecule has 6 amide bonds. The van der Waals surface area contributed by atoms with E-state index in [0.717, 1.165) is 44.9 Å². The first-order valence-electron chi connectivity index (χ1n) is 34.7. The van der Waals surface area contributed by atoms with E-state index >= 15 is 0 Å². The molecule has 4 aromatic carbocycles. The van der Waals surface area contributed by atoms with Crippen molar-refractivity contribution in [1.82, 2.24) is 19.6 Å². The first-order valence-corrected chi connectivity index (χ1v) is 40.0. The zero-order chi connectivity index (χ0) is 74.8. The summed E-state index contributed by atoms with van der Waals surface area (Å²) in [6.45, 7) is 21.3. The van der Waals surface area contributed by atoms with Crippen LogP contribution in [0.1, 0.15) is 113 Å². The molecule has 562 valence electrons. The smallest absolute Gasteiger partial charge is 0.416 e. The minimum Gasteiger partial charge on any atom is -0.493 e. The van der Waals surface area contributed by atoms with Gasteiger partial charge in [-0.1, -0.05) is 91.8 Å². The fourth-order valence-electron chi connectivity index (χ4n) is 13.8. The standard InChI is InChI=1S/C38H46N4O9S2.C37H44N4O9S2/c1-22-12-25-18-39-28-16-33(31(47-4)14-26(28)35(43)40(25)19-22)49-10-8-7-9-11-50-34-17-29-27(15-32(34)48-5)36(44)41-20-23(2)13-30(41)37(45)42(29)38(46)51-21-24(3)53-52-6;1-22-13-24-19-38-27-17-32(30(46-3)15-25(27)34(42)39(24)20-22)48-9-7-6-8-10-49-33-18-28-26(16-31(33)47-4)35(43)40-21-23(2)14-29(40)36(44)41(28)37(45)50-11-12-52-51-5/h14-18,24-25,30,37,45H,1-2,7-13,19-21H2,3-6H3;15-19,24,29,36,44H,1-2,6-14,20-21H2,3-5H3/t24-,25+,30+,37+;24-,29-,36-/m10/s1. The summed E-state index contributed by atoms with van der Waals surface area (Å²) in [5.74, 6) is 2.94. The van der Waals surface area contributed by atoms with Gasteiger partial charge in [-0.3, -0.25) is 29.2 Å². The zero-order valence-electron chi connectivity index (χ0n) is 60.1. The third kappa shape index (κ3) is 17.3. The normalized spacial score (nSPS) is 20.8. The summed E-state index contributed by atoms with van der Waals surface area (Å²) in [7, 11) is 12.3. The number of carbonyl (C=O) groups excluding carboxylic acids is 6. The maximum Gasteiger partial charge on any atom is 0.416 e. The number of carbonyl (C=O) groups is 6. The molecule has 8 aliphatic rings. The van der Waals surface area contributed by atoms with Gasteiger partial charge < -0.3 is 77.2 Å². The van der Waals surface area contributed by atoms with Crippen molar-refractivity contribution in [3.05, 3.63) is 119 Å². The van der Waals surface area contributed by atoms with Crippen molar-refractivity contribution in [3.63, 3.8) is 0 Å². The number of aliphatic hydroxyl groups excluding tert-OH is 2. The first kappa shape index (κ1) is 77.4. The Bertz CT molecular complexity index is 4080. The van der Waals surface area contributed by atoms with Crippen LogP contribution in [0.5, 0.6) is 46.0 Å². The Balaban J connectivity index is 0.000000210. The number of methoxy groups -OCH3 is 4. The van der Waals surface area contributed by atoms with E-state index in [4.69, 9.17) is 47.4 Å². The largest absolute Gasteiger partial charge is 0.493 e. The van der Waals surface area contributed by atoms with E-state index in [2.05, 4.69) is 36.3 Å². The maximum atomic E-state index is 13.8. The van der Waals surface area contributed by atoms with Gasteiger partial charge >= 0.3 is 12.2 Å². The highest BCUT2D eigenvalue weighted by Crippen LogP contribution is 2.46. The second-order valence-corrected chi connectivity index (χ2v) is 31.9. The maximum absolute atomic E-state index is 13.8. The van der Waals surface area contributed by atoms with Gasteiger partial charge in [0.05, 0.1) is 124 Å². The number of nitrogens with zero attached hydrogens (tertiary/aromatic N) is 8. The minimum absolute atomic E-state index is 0.0196. The summed E-state index contributed by atoms with van der Waals surface area (Å²) < 4.78 is 58.0. The molecule has 7 atom stereocenters.